The third-order valence-corrected chi connectivity index (χ3v) is 3.63. The number of carbonyl (C=O) groups is 1. The molecule has 0 heterocycles. The molecule has 118 valence electrons. The van der Waals surface area contributed by atoms with Crippen molar-refractivity contribution >= 4 is 5.91 Å². The van der Waals surface area contributed by atoms with E-state index in [2.05, 4.69) is 19.2 Å². The molecule has 2 unspecified atom stereocenters. The third-order valence-electron chi connectivity index (χ3n) is 3.63. The molecule has 0 aliphatic rings. The van der Waals surface area contributed by atoms with Crippen LogP contribution in [0.5, 0.6) is 0 Å². The molecule has 4 N–H and O–H groups in total. The van der Waals surface area contributed by atoms with E-state index in [1.54, 1.807) is 0 Å². The summed E-state index contributed by atoms with van der Waals surface area (Å²) >= 11 is 0. The van der Waals surface area contributed by atoms with E-state index < -0.39 is 6.04 Å². The fraction of sp³-hybridized carbons (Fsp3) is 0.588. The Balaban J connectivity index is 2.52. The zero-order valence-electron chi connectivity index (χ0n) is 13.3. The summed E-state index contributed by atoms with van der Waals surface area (Å²) in [6, 6.07) is 7.04. The number of aryl methyl sites for hydroxylation is 1. The predicted molar refractivity (Wildman–Crippen MR) is 85.8 cm³/mol. The molecule has 1 aromatic carbocycles. The number of rotatable bonds is 8. The van der Waals surface area contributed by atoms with E-state index in [0.29, 0.717) is 24.8 Å². The monoisotopic (exact) mass is 292 g/mol. The average Bonchev–Trinajstić information content (AvgIpc) is 2.44. The van der Waals surface area contributed by atoms with Crippen LogP contribution in [0.4, 0.5) is 0 Å². The summed E-state index contributed by atoms with van der Waals surface area (Å²) in [4.78, 5) is 12.1. The van der Waals surface area contributed by atoms with Gasteiger partial charge in [0, 0.05) is 13.2 Å². The predicted octanol–water partition coefficient (Wildman–Crippen LogP) is 2.16. The van der Waals surface area contributed by atoms with Gasteiger partial charge in [-0.05, 0) is 37.2 Å². The first-order chi connectivity index (χ1) is 9.93. The second-order valence-electron chi connectivity index (χ2n) is 6.14. The van der Waals surface area contributed by atoms with Crippen LogP contribution < -0.4 is 11.1 Å². The summed E-state index contributed by atoms with van der Waals surface area (Å²) in [5.41, 5.74) is 7.95. The highest BCUT2D eigenvalue weighted by molar-refractivity contribution is 5.82. The van der Waals surface area contributed by atoms with Gasteiger partial charge in [0.05, 0.1) is 0 Å². The van der Waals surface area contributed by atoms with Crippen molar-refractivity contribution in [1.82, 2.24) is 5.32 Å². The van der Waals surface area contributed by atoms with Crippen molar-refractivity contribution in [3.63, 3.8) is 0 Å². The molecular formula is C17H28N2O2. The largest absolute Gasteiger partial charge is 0.396 e. The summed E-state index contributed by atoms with van der Waals surface area (Å²) in [7, 11) is 0. The van der Waals surface area contributed by atoms with Gasteiger partial charge < -0.3 is 16.2 Å². The Morgan fingerprint density at radius 3 is 2.43 bits per heavy atom. The van der Waals surface area contributed by atoms with Crippen LogP contribution in [-0.2, 0) is 4.79 Å². The van der Waals surface area contributed by atoms with Crippen LogP contribution in [-0.4, -0.2) is 24.2 Å². The zero-order chi connectivity index (χ0) is 15.8. The van der Waals surface area contributed by atoms with Gasteiger partial charge in [0.25, 0.3) is 0 Å². The number of nitrogens with one attached hydrogen (secondary N) is 1. The molecule has 0 spiro atoms. The number of hydrogen-bond donors (Lipinski definition) is 3. The Labute approximate surface area is 127 Å². The Bertz CT molecular complexity index is 429. The van der Waals surface area contributed by atoms with Gasteiger partial charge in [0.1, 0.15) is 6.04 Å². The summed E-state index contributed by atoms with van der Waals surface area (Å²) in [5.74, 6) is 0.680. The summed E-state index contributed by atoms with van der Waals surface area (Å²) in [6.45, 7) is 7.00. The standard InChI is InChI=1S/C17H28N2O2/c1-12(2)10-14(8-9-20)11-19-17(21)16(18)15-6-4-13(3)5-7-15/h4-7,12,14,16,20H,8-11,18H2,1-3H3,(H,19,21). The molecule has 0 fully saturated rings. The second kappa shape index (κ2) is 8.80. The van der Waals surface area contributed by atoms with Crippen LogP contribution in [0.15, 0.2) is 24.3 Å². The molecule has 0 aliphatic carbocycles. The lowest BCUT2D eigenvalue weighted by molar-refractivity contribution is -0.122. The topological polar surface area (TPSA) is 75.4 Å². The molecule has 1 amide bonds. The van der Waals surface area contributed by atoms with Gasteiger partial charge in [-0.15, -0.1) is 0 Å². The first-order valence-electron chi connectivity index (χ1n) is 7.64. The lowest BCUT2D eigenvalue weighted by Crippen LogP contribution is -2.37. The third kappa shape index (κ3) is 6.27. The minimum absolute atomic E-state index is 0.150. The minimum Gasteiger partial charge on any atom is -0.396 e. The summed E-state index contributed by atoms with van der Waals surface area (Å²) in [6.07, 6.45) is 1.69. The van der Waals surface area contributed by atoms with E-state index in [-0.39, 0.29) is 12.5 Å². The first kappa shape index (κ1) is 17.7. The van der Waals surface area contributed by atoms with E-state index in [1.807, 2.05) is 31.2 Å². The van der Waals surface area contributed by atoms with Gasteiger partial charge in [-0.25, -0.2) is 0 Å². The lowest BCUT2D eigenvalue weighted by Gasteiger charge is -2.20. The van der Waals surface area contributed by atoms with Crippen molar-refractivity contribution in [2.24, 2.45) is 17.6 Å². The fourth-order valence-electron chi connectivity index (χ4n) is 2.43. The summed E-state index contributed by atoms with van der Waals surface area (Å²) in [5, 5.41) is 12.0. The highest BCUT2D eigenvalue weighted by Crippen LogP contribution is 2.15. The Morgan fingerprint density at radius 2 is 1.90 bits per heavy atom. The number of amides is 1. The van der Waals surface area contributed by atoms with Crippen LogP contribution in [0.25, 0.3) is 0 Å². The number of benzene rings is 1. The normalized spacial score (nSPS) is 14.0. The van der Waals surface area contributed by atoms with E-state index in [4.69, 9.17) is 10.8 Å². The van der Waals surface area contributed by atoms with E-state index in [1.165, 1.54) is 0 Å². The van der Waals surface area contributed by atoms with E-state index in [9.17, 15) is 4.79 Å². The van der Waals surface area contributed by atoms with Crippen LogP contribution in [0.2, 0.25) is 0 Å². The Kier molecular flexibility index (Phi) is 7.40. The van der Waals surface area contributed by atoms with Crippen LogP contribution in [0.1, 0.15) is 43.9 Å². The number of hydrogen-bond acceptors (Lipinski definition) is 3. The molecule has 2 atom stereocenters. The van der Waals surface area contributed by atoms with E-state index >= 15 is 0 Å². The van der Waals surface area contributed by atoms with Gasteiger partial charge in [0.2, 0.25) is 5.91 Å². The number of carbonyl (C=O) groups excluding carboxylic acids is 1. The van der Waals surface area contributed by atoms with Crippen molar-refractivity contribution in [1.29, 1.82) is 0 Å². The zero-order valence-corrected chi connectivity index (χ0v) is 13.3. The van der Waals surface area contributed by atoms with Crippen molar-refractivity contribution in [3.8, 4) is 0 Å². The maximum atomic E-state index is 12.1. The molecular weight excluding hydrogens is 264 g/mol. The molecule has 1 rings (SSSR count). The molecule has 0 saturated carbocycles. The highest BCUT2D eigenvalue weighted by atomic mass is 16.3. The molecule has 0 bridgehead atoms. The molecule has 0 radical (unpaired) electrons. The molecule has 0 saturated heterocycles. The molecule has 4 nitrogen and oxygen atoms in total. The Morgan fingerprint density at radius 1 is 1.29 bits per heavy atom. The van der Waals surface area contributed by atoms with Gasteiger partial charge in [-0.2, -0.15) is 0 Å². The van der Waals surface area contributed by atoms with Crippen molar-refractivity contribution in [2.75, 3.05) is 13.2 Å². The molecule has 0 aliphatic heterocycles. The van der Waals surface area contributed by atoms with Crippen molar-refractivity contribution < 1.29 is 9.90 Å². The summed E-state index contributed by atoms with van der Waals surface area (Å²) < 4.78 is 0. The van der Waals surface area contributed by atoms with E-state index in [0.717, 1.165) is 17.5 Å². The van der Waals surface area contributed by atoms with Crippen molar-refractivity contribution in [3.05, 3.63) is 35.4 Å². The minimum atomic E-state index is -0.639. The molecule has 0 aromatic heterocycles. The van der Waals surface area contributed by atoms with Crippen LogP contribution in [0, 0.1) is 18.8 Å². The lowest BCUT2D eigenvalue weighted by atomic mass is 9.94. The molecule has 1 aromatic rings. The average molecular weight is 292 g/mol. The number of nitrogens with two attached hydrogens (primary N) is 1. The smallest absolute Gasteiger partial charge is 0.241 e. The number of aliphatic hydroxyl groups is 1. The van der Waals surface area contributed by atoms with Crippen LogP contribution >= 0.6 is 0 Å². The highest BCUT2D eigenvalue weighted by Gasteiger charge is 2.17. The van der Waals surface area contributed by atoms with Crippen molar-refractivity contribution in [2.45, 2.75) is 39.7 Å². The maximum absolute atomic E-state index is 12.1. The van der Waals surface area contributed by atoms with Gasteiger partial charge in [-0.1, -0.05) is 43.7 Å². The van der Waals surface area contributed by atoms with Crippen LogP contribution in [0.3, 0.4) is 0 Å². The number of aliphatic hydroxyl groups excluding tert-OH is 1. The molecule has 21 heavy (non-hydrogen) atoms. The SMILES string of the molecule is Cc1ccc(C(N)C(=O)NCC(CCO)CC(C)C)cc1. The second-order valence-corrected chi connectivity index (χ2v) is 6.14. The quantitative estimate of drug-likeness (QED) is 0.687. The first-order valence-corrected chi connectivity index (χ1v) is 7.64. The van der Waals surface area contributed by atoms with Gasteiger partial charge in [-0.3, -0.25) is 4.79 Å². The maximum Gasteiger partial charge on any atom is 0.241 e. The fourth-order valence-corrected chi connectivity index (χ4v) is 2.43. The van der Waals surface area contributed by atoms with Gasteiger partial charge in [0.15, 0.2) is 0 Å². The Hall–Kier alpha value is -1.39. The molecule has 4 heteroatoms. The van der Waals surface area contributed by atoms with Gasteiger partial charge >= 0.3 is 0 Å².